The number of rotatable bonds is 4. The van der Waals surface area contributed by atoms with Crippen LogP contribution in [0.2, 0.25) is 5.02 Å². The summed E-state index contributed by atoms with van der Waals surface area (Å²) < 4.78 is 11.6. The molecule has 1 unspecified atom stereocenters. The number of aromatic nitrogens is 1. The minimum Gasteiger partial charge on any atom is -0.507 e. The number of halogens is 1. The van der Waals surface area contributed by atoms with E-state index < -0.39 is 17.7 Å². The molecule has 3 heterocycles. The Labute approximate surface area is 191 Å². The van der Waals surface area contributed by atoms with E-state index in [0.29, 0.717) is 22.2 Å². The Kier molecular flexibility index (Phi) is 4.96. The number of para-hydroxylation sites is 1. The molecule has 4 aromatic rings. The van der Waals surface area contributed by atoms with Gasteiger partial charge in [-0.25, -0.2) is 4.98 Å². The number of furan rings is 1. The van der Waals surface area contributed by atoms with E-state index in [-0.39, 0.29) is 21.9 Å². The fourth-order valence-corrected chi connectivity index (χ4v) is 4.93. The number of aliphatic hydroxyl groups excluding tert-OH is 1. The Morgan fingerprint density at radius 2 is 2.00 bits per heavy atom. The van der Waals surface area contributed by atoms with E-state index in [4.69, 9.17) is 20.8 Å². The van der Waals surface area contributed by atoms with Crippen molar-refractivity contribution in [3.63, 3.8) is 0 Å². The van der Waals surface area contributed by atoms with Gasteiger partial charge in [0, 0.05) is 5.56 Å². The van der Waals surface area contributed by atoms with E-state index in [0.717, 1.165) is 4.70 Å². The molecule has 0 aliphatic carbocycles. The van der Waals surface area contributed by atoms with Gasteiger partial charge in [-0.05, 0) is 42.5 Å². The summed E-state index contributed by atoms with van der Waals surface area (Å²) in [5.41, 5.74) is 0.870. The summed E-state index contributed by atoms with van der Waals surface area (Å²) in [7, 11) is 1.47. The smallest absolute Gasteiger partial charge is 0.302 e. The molecule has 0 radical (unpaired) electrons. The number of aliphatic hydroxyl groups is 1. The van der Waals surface area contributed by atoms with Crippen molar-refractivity contribution in [3.8, 4) is 5.75 Å². The number of nitrogens with zero attached hydrogens (tertiary/aromatic N) is 2. The van der Waals surface area contributed by atoms with Crippen LogP contribution in [0.5, 0.6) is 5.75 Å². The van der Waals surface area contributed by atoms with Gasteiger partial charge in [-0.15, -0.1) is 0 Å². The Morgan fingerprint density at radius 3 is 2.69 bits per heavy atom. The molecule has 1 amide bonds. The average molecular weight is 467 g/mol. The highest BCUT2D eigenvalue weighted by Crippen LogP contribution is 2.44. The summed E-state index contributed by atoms with van der Waals surface area (Å²) >= 11 is 7.48. The third-order valence-electron chi connectivity index (χ3n) is 5.17. The lowest BCUT2D eigenvalue weighted by Gasteiger charge is -2.20. The van der Waals surface area contributed by atoms with Crippen LogP contribution in [0.15, 0.2) is 70.9 Å². The maximum Gasteiger partial charge on any atom is 0.302 e. The zero-order valence-electron chi connectivity index (χ0n) is 16.6. The lowest BCUT2D eigenvalue weighted by atomic mass is 9.99. The number of hydrogen-bond donors (Lipinski definition) is 1. The number of fused-ring (bicyclic) bond motifs is 1. The summed E-state index contributed by atoms with van der Waals surface area (Å²) in [6.45, 7) is 0. The van der Waals surface area contributed by atoms with E-state index >= 15 is 0 Å². The number of thiazole rings is 1. The minimum absolute atomic E-state index is 0.106. The molecule has 5 rings (SSSR count). The summed E-state index contributed by atoms with van der Waals surface area (Å²) in [4.78, 5) is 32.0. The highest BCUT2D eigenvalue weighted by Gasteiger charge is 2.49. The van der Waals surface area contributed by atoms with Crippen LogP contribution in [0.1, 0.15) is 17.4 Å². The number of amides is 1. The number of ketones is 1. The van der Waals surface area contributed by atoms with Crippen molar-refractivity contribution in [2.75, 3.05) is 12.0 Å². The van der Waals surface area contributed by atoms with Gasteiger partial charge in [0.25, 0.3) is 5.78 Å². The van der Waals surface area contributed by atoms with Crippen molar-refractivity contribution in [2.24, 2.45) is 0 Å². The number of hydrogen-bond acceptors (Lipinski definition) is 7. The number of methoxy groups -OCH3 is 1. The van der Waals surface area contributed by atoms with E-state index in [2.05, 4.69) is 4.98 Å². The van der Waals surface area contributed by atoms with Gasteiger partial charge in [-0.1, -0.05) is 35.1 Å². The molecule has 32 heavy (non-hydrogen) atoms. The summed E-state index contributed by atoms with van der Waals surface area (Å²) in [6, 6.07) is 14.3. The fraction of sp³-hybridized carbons (Fsp3) is 0.0870. The minimum atomic E-state index is -0.980. The zero-order chi connectivity index (χ0) is 22.4. The summed E-state index contributed by atoms with van der Waals surface area (Å²) in [6.07, 6.45) is 1.44. The van der Waals surface area contributed by atoms with Gasteiger partial charge in [-0.2, -0.15) is 0 Å². The standard InChI is InChI=1S/C23H15ClN2O5S/c1-30-15-9-8-12(11-13(15)24)20(27)18-19(16-6-4-10-31-16)26(22(29)21(18)28)23-25-14-5-2-3-7-17(14)32-23/h2-11,19,27H,1H3/b20-18+. The van der Waals surface area contributed by atoms with Gasteiger partial charge in [-0.3, -0.25) is 14.5 Å². The van der Waals surface area contributed by atoms with E-state index in [9.17, 15) is 14.7 Å². The lowest BCUT2D eigenvalue weighted by molar-refractivity contribution is -0.132. The molecule has 1 fully saturated rings. The van der Waals surface area contributed by atoms with Gasteiger partial charge >= 0.3 is 5.91 Å². The topological polar surface area (TPSA) is 92.9 Å². The van der Waals surface area contributed by atoms with Gasteiger partial charge in [0.15, 0.2) is 5.13 Å². The second-order valence-corrected chi connectivity index (χ2v) is 8.41. The number of ether oxygens (including phenoxy) is 1. The first kappa shape index (κ1) is 20.3. The van der Waals surface area contributed by atoms with Crippen molar-refractivity contribution >= 4 is 55.7 Å². The average Bonchev–Trinajstić information content (AvgIpc) is 3.52. The molecule has 1 atom stereocenters. The monoisotopic (exact) mass is 466 g/mol. The lowest BCUT2D eigenvalue weighted by Crippen LogP contribution is -2.29. The second-order valence-electron chi connectivity index (χ2n) is 7.00. The number of benzene rings is 2. The molecule has 7 nitrogen and oxygen atoms in total. The molecule has 1 saturated heterocycles. The third-order valence-corrected chi connectivity index (χ3v) is 6.50. The van der Waals surface area contributed by atoms with Crippen molar-refractivity contribution in [1.82, 2.24) is 4.98 Å². The zero-order valence-corrected chi connectivity index (χ0v) is 18.2. The molecule has 0 spiro atoms. The van der Waals surface area contributed by atoms with Gasteiger partial charge in [0.1, 0.15) is 23.3 Å². The highest BCUT2D eigenvalue weighted by molar-refractivity contribution is 7.22. The van der Waals surface area contributed by atoms with Crippen LogP contribution < -0.4 is 9.64 Å². The molecule has 1 N–H and O–H groups in total. The van der Waals surface area contributed by atoms with E-state index in [1.807, 2.05) is 24.3 Å². The molecule has 2 aromatic heterocycles. The predicted molar refractivity (Wildman–Crippen MR) is 121 cm³/mol. The Hall–Kier alpha value is -3.62. The molecule has 0 bridgehead atoms. The maximum absolute atomic E-state index is 13.1. The first-order chi connectivity index (χ1) is 15.5. The molecule has 1 aliphatic heterocycles. The van der Waals surface area contributed by atoms with E-state index in [1.54, 1.807) is 24.3 Å². The first-order valence-electron chi connectivity index (χ1n) is 9.53. The molecular weight excluding hydrogens is 452 g/mol. The second kappa shape index (κ2) is 7.81. The molecule has 0 saturated carbocycles. The van der Waals surface area contributed by atoms with Gasteiger partial charge in [0.05, 0.1) is 34.2 Å². The maximum atomic E-state index is 13.1. The third kappa shape index (κ3) is 3.16. The first-order valence-corrected chi connectivity index (χ1v) is 10.7. The van der Waals surface area contributed by atoms with Crippen molar-refractivity contribution in [2.45, 2.75) is 6.04 Å². The van der Waals surface area contributed by atoms with Crippen molar-refractivity contribution in [1.29, 1.82) is 0 Å². The normalized spacial score (nSPS) is 17.9. The van der Waals surface area contributed by atoms with Crippen LogP contribution in [0.3, 0.4) is 0 Å². The largest absolute Gasteiger partial charge is 0.507 e. The number of anilines is 1. The molecule has 2 aromatic carbocycles. The van der Waals surface area contributed by atoms with Crippen molar-refractivity contribution in [3.05, 3.63) is 82.8 Å². The van der Waals surface area contributed by atoms with Crippen LogP contribution in [-0.4, -0.2) is 28.9 Å². The molecule has 9 heteroatoms. The number of carbonyl (C=O) groups is 2. The number of Topliss-reactive ketones (excluding diaryl/α,β-unsaturated/α-hetero) is 1. The fourth-order valence-electron chi connectivity index (χ4n) is 3.68. The quantitative estimate of drug-likeness (QED) is 0.253. The van der Waals surface area contributed by atoms with Gasteiger partial charge in [0.2, 0.25) is 0 Å². The Balaban J connectivity index is 1.70. The molecule has 160 valence electrons. The van der Waals surface area contributed by atoms with Crippen LogP contribution in [0.25, 0.3) is 16.0 Å². The van der Waals surface area contributed by atoms with Crippen LogP contribution in [0.4, 0.5) is 5.13 Å². The summed E-state index contributed by atoms with van der Waals surface area (Å²) in [5.74, 6) is -1.26. The SMILES string of the molecule is COc1ccc(/C(O)=C2\C(=O)C(=O)N(c3nc4ccccc4s3)C2c2ccco2)cc1Cl. The molecular formula is C23H15ClN2O5S. The molecule has 1 aliphatic rings. The van der Waals surface area contributed by atoms with Crippen LogP contribution >= 0.6 is 22.9 Å². The van der Waals surface area contributed by atoms with Crippen LogP contribution in [0, 0.1) is 0 Å². The van der Waals surface area contributed by atoms with Crippen molar-refractivity contribution < 1.29 is 23.8 Å². The summed E-state index contributed by atoms with van der Waals surface area (Å²) in [5, 5.41) is 11.7. The van der Waals surface area contributed by atoms with E-state index in [1.165, 1.54) is 35.7 Å². The van der Waals surface area contributed by atoms with Gasteiger partial charge < -0.3 is 14.3 Å². The highest BCUT2D eigenvalue weighted by atomic mass is 35.5. The Morgan fingerprint density at radius 1 is 1.19 bits per heavy atom. The number of carbonyl (C=O) groups excluding carboxylic acids is 2. The Bertz CT molecular complexity index is 1360. The van der Waals surface area contributed by atoms with Crippen LogP contribution in [-0.2, 0) is 9.59 Å². The predicted octanol–water partition coefficient (Wildman–Crippen LogP) is 5.18.